The summed E-state index contributed by atoms with van der Waals surface area (Å²) < 4.78 is 10.3. The number of hydrogen-bond acceptors (Lipinski definition) is 5. The summed E-state index contributed by atoms with van der Waals surface area (Å²) in [6, 6.07) is 10.0. The Hall–Kier alpha value is -2.06. The van der Waals surface area contributed by atoms with Crippen LogP contribution < -0.4 is 10.1 Å². The van der Waals surface area contributed by atoms with Crippen LogP contribution in [0.3, 0.4) is 0 Å². The van der Waals surface area contributed by atoms with Crippen molar-refractivity contribution in [1.29, 1.82) is 5.26 Å². The van der Waals surface area contributed by atoms with Gasteiger partial charge in [0.1, 0.15) is 5.75 Å². The highest BCUT2D eigenvalue weighted by molar-refractivity contribution is 5.74. The zero-order chi connectivity index (χ0) is 15.9. The Kier molecular flexibility index (Phi) is 5.79. The number of ether oxygens (including phenoxy) is 2. The van der Waals surface area contributed by atoms with Crippen LogP contribution in [0.4, 0.5) is 0 Å². The molecule has 0 unspecified atom stereocenters. The van der Waals surface area contributed by atoms with Crippen LogP contribution in [0.15, 0.2) is 24.3 Å². The molecule has 1 aromatic carbocycles. The first-order valence-electron chi connectivity index (χ1n) is 7.62. The van der Waals surface area contributed by atoms with Gasteiger partial charge in [-0.15, -0.1) is 0 Å². The SMILES string of the molecule is CCOC(=O)[C@@H]1[C@@H](C#N)CC[C@H]1NCc1ccc(OC)cc1. The van der Waals surface area contributed by atoms with Crippen molar-refractivity contribution in [2.24, 2.45) is 11.8 Å². The fraction of sp³-hybridized carbons (Fsp3) is 0.529. The van der Waals surface area contributed by atoms with Crippen molar-refractivity contribution in [2.45, 2.75) is 32.4 Å². The Morgan fingerprint density at radius 1 is 1.36 bits per heavy atom. The smallest absolute Gasteiger partial charge is 0.311 e. The molecular weight excluding hydrogens is 280 g/mol. The molecule has 1 aliphatic carbocycles. The largest absolute Gasteiger partial charge is 0.497 e. The molecule has 0 saturated heterocycles. The fourth-order valence-corrected chi connectivity index (χ4v) is 2.93. The van der Waals surface area contributed by atoms with Gasteiger partial charge in [0.05, 0.1) is 31.6 Å². The molecule has 5 heteroatoms. The molecule has 1 saturated carbocycles. The zero-order valence-electron chi connectivity index (χ0n) is 13.0. The van der Waals surface area contributed by atoms with Gasteiger partial charge < -0.3 is 14.8 Å². The summed E-state index contributed by atoms with van der Waals surface area (Å²) in [6.07, 6.45) is 1.55. The van der Waals surface area contributed by atoms with Crippen LogP contribution in [0.25, 0.3) is 0 Å². The van der Waals surface area contributed by atoms with Gasteiger partial charge in [0.25, 0.3) is 0 Å². The van der Waals surface area contributed by atoms with Gasteiger partial charge >= 0.3 is 5.97 Å². The highest BCUT2D eigenvalue weighted by Crippen LogP contribution is 2.33. The number of esters is 1. The van der Waals surface area contributed by atoms with E-state index in [-0.39, 0.29) is 23.8 Å². The van der Waals surface area contributed by atoms with E-state index in [0.29, 0.717) is 13.2 Å². The lowest BCUT2D eigenvalue weighted by molar-refractivity contribution is -0.149. The Balaban J connectivity index is 1.97. The maximum atomic E-state index is 12.1. The molecule has 1 aliphatic rings. The van der Waals surface area contributed by atoms with E-state index in [1.54, 1.807) is 14.0 Å². The molecule has 0 bridgehead atoms. The van der Waals surface area contributed by atoms with Crippen molar-refractivity contribution >= 4 is 5.97 Å². The van der Waals surface area contributed by atoms with E-state index in [1.807, 2.05) is 24.3 Å². The van der Waals surface area contributed by atoms with Gasteiger partial charge in [-0.2, -0.15) is 5.26 Å². The van der Waals surface area contributed by atoms with Gasteiger partial charge in [-0.1, -0.05) is 12.1 Å². The standard InChI is InChI=1S/C17H22N2O3/c1-3-22-17(20)16-13(10-18)6-9-15(16)19-11-12-4-7-14(21-2)8-5-12/h4-5,7-8,13,15-16,19H,3,6,9,11H2,1-2H3/t13-,15-,16-/m1/s1. The van der Waals surface area contributed by atoms with Crippen molar-refractivity contribution in [3.63, 3.8) is 0 Å². The molecule has 0 radical (unpaired) electrons. The number of hydrogen-bond donors (Lipinski definition) is 1. The van der Waals surface area contributed by atoms with E-state index < -0.39 is 0 Å². The summed E-state index contributed by atoms with van der Waals surface area (Å²) in [5.74, 6) is -0.0760. The van der Waals surface area contributed by atoms with Gasteiger partial charge in [-0.05, 0) is 37.5 Å². The first-order chi connectivity index (χ1) is 10.7. The number of methoxy groups -OCH3 is 1. The molecule has 0 aromatic heterocycles. The van der Waals surface area contributed by atoms with Gasteiger partial charge in [-0.3, -0.25) is 4.79 Å². The van der Waals surface area contributed by atoms with Crippen molar-refractivity contribution in [1.82, 2.24) is 5.32 Å². The zero-order valence-corrected chi connectivity index (χ0v) is 13.0. The van der Waals surface area contributed by atoms with Crippen LogP contribution >= 0.6 is 0 Å². The predicted molar refractivity (Wildman–Crippen MR) is 82.1 cm³/mol. The minimum atomic E-state index is -0.372. The summed E-state index contributed by atoms with van der Waals surface area (Å²) in [6.45, 7) is 2.79. The van der Waals surface area contributed by atoms with E-state index in [9.17, 15) is 10.1 Å². The number of benzene rings is 1. The highest BCUT2D eigenvalue weighted by Gasteiger charge is 2.41. The maximum absolute atomic E-state index is 12.1. The van der Waals surface area contributed by atoms with Gasteiger partial charge in [-0.25, -0.2) is 0 Å². The first-order valence-corrected chi connectivity index (χ1v) is 7.62. The van der Waals surface area contributed by atoms with Gasteiger partial charge in [0, 0.05) is 12.6 Å². The lowest BCUT2D eigenvalue weighted by Crippen LogP contribution is -2.39. The molecule has 2 rings (SSSR count). The molecule has 22 heavy (non-hydrogen) atoms. The summed E-state index contributed by atoms with van der Waals surface area (Å²) in [4.78, 5) is 12.1. The van der Waals surface area contributed by atoms with E-state index in [2.05, 4.69) is 11.4 Å². The normalized spacial score (nSPS) is 23.8. The van der Waals surface area contributed by atoms with Crippen LogP contribution in [-0.4, -0.2) is 25.7 Å². The van der Waals surface area contributed by atoms with Crippen LogP contribution in [-0.2, 0) is 16.1 Å². The maximum Gasteiger partial charge on any atom is 0.311 e. The number of nitrogens with one attached hydrogen (secondary N) is 1. The Morgan fingerprint density at radius 3 is 2.68 bits per heavy atom. The van der Waals surface area contributed by atoms with Crippen molar-refractivity contribution in [3.8, 4) is 11.8 Å². The second-order valence-corrected chi connectivity index (χ2v) is 5.43. The first kappa shape index (κ1) is 16.3. The minimum absolute atomic E-state index is 0.00852. The molecular formula is C17H22N2O3. The fourth-order valence-electron chi connectivity index (χ4n) is 2.93. The molecule has 1 aromatic rings. The second kappa shape index (κ2) is 7.81. The van der Waals surface area contributed by atoms with Crippen LogP contribution in [0, 0.1) is 23.2 Å². The van der Waals surface area contributed by atoms with Gasteiger partial charge in [0.15, 0.2) is 0 Å². The third kappa shape index (κ3) is 3.77. The summed E-state index contributed by atoms with van der Waals surface area (Å²) in [5, 5.41) is 12.6. The topological polar surface area (TPSA) is 71.4 Å². The third-order valence-electron chi connectivity index (χ3n) is 4.11. The quantitative estimate of drug-likeness (QED) is 0.816. The Bertz CT molecular complexity index is 536. The number of rotatable bonds is 6. The third-order valence-corrected chi connectivity index (χ3v) is 4.11. The Labute approximate surface area is 131 Å². The molecule has 5 nitrogen and oxygen atoms in total. The summed E-state index contributed by atoms with van der Waals surface area (Å²) in [5.41, 5.74) is 1.11. The van der Waals surface area contributed by atoms with E-state index in [1.165, 1.54) is 0 Å². The van der Waals surface area contributed by atoms with Crippen LogP contribution in [0.5, 0.6) is 5.75 Å². The second-order valence-electron chi connectivity index (χ2n) is 5.43. The minimum Gasteiger partial charge on any atom is -0.497 e. The molecule has 1 N–H and O–H groups in total. The van der Waals surface area contributed by atoms with E-state index in [0.717, 1.165) is 24.2 Å². The van der Waals surface area contributed by atoms with Crippen molar-refractivity contribution in [2.75, 3.05) is 13.7 Å². The summed E-state index contributed by atoms with van der Waals surface area (Å²) >= 11 is 0. The number of carbonyl (C=O) groups is 1. The molecule has 0 amide bonds. The lowest BCUT2D eigenvalue weighted by Gasteiger charge is -2.21. The van der Waals surface area contributed by atoms with Crippen LogP contribution in [0.2, 0.25) is 0 Å². The Morgan fingerprint density at radius 2 is 2.09 bits per heavy atom. The lowest BCUT2D eigenvalue weighted by atomic mass is 9.94. The average Bonchev–Trinajstić information content (AvgIpc) is 2.96. The molecule has 0 spiro atoms. The molecule has 1 fully saturated rings. The molecule has 0 aliphatic heterocycles. The number of nitrogens with zero attached hydrogens (tertiary/aromatic N) is 1. The van der Waals surface area contributed by atoms with Crippen molar-refractivity contribution in [3.05, 3.63) is 29.8 Å². The highest BCUT2D eigenvalue weighted by atomic mass is 16.5. The summed E-state index contributed by atoms with van der Waals surface area (Å²) in [7, 11) is 1.64. The molecule has 118 valence electrons. The molecule has 0 heterocycles. The number of carbonyl (C=O) groups excluding carboxylic acids is 1. The van der Waals surface area contributed by atoms with Crippen molar-refractivity contribution < 1.29 is 14.3 Å². The predicted octanol–water partition coefficient (Wildman–Crippen LogP) is 2.27. The van der Waals surface area contributed by atoms with Gasteiger partial charge in [0.2, 0.25) is 0 Å². The van der Waals surface area contributed by atoms with Crippen LogP contribution in [0.1, 0.15) is 25.3 Å². The number of nitriles is 1. The van der Waals surface area contributed by atoms with E-state index >= 15 is 0 Å². The average molecular weight is 302 g/mol. The molecule has 3 atom stereocenters. The monoisotopic (exact) mass is 302 g/mol. The van der Waals surface area contributed by atoms with E-state index in [4.69, 9.17) is 9.47 Å².